The van der Waals surface area contributed by atoms with E-state index in [4.69, 9.17) is 9.72 Å². The first-order chi connectivity index (χ1) is 32.0. The lowest BCUT2D eigenvalue weighted by Gasteiger charge is -2.29. The smallest absolute Gasteiger partial charge is 0.137 e. The molecule has 0 saturated heterocycles. The number of rotatable bonds is 9. The van der Waals surface area contributed by atoms with Gasteiger partial charge in [-0.3, -0.25) is 4.57 Å². The summed E-state index contributed by atoms with van der Waals surface area (Å²) in [6.07, 6.45) is 1.96. The second-order valence-corrected chi connectivity index (χ2v) is 21.5. The van der Waals surface area contributed by atoms with Crippen molar-refractivity contribution >= 4 is 44.6 Å². The van der Waals surface area contributed by atoms with Crippen molar-refractivity contribution in [3.05, 3.63) is 216 Å². The number of anilines is 4. The summed E-state index contributed by atoms with van der Waals surface area (Å²) in [5.74, 6) is 2.42. The van der Waals surface area contributed by atoms with Crippen molar-refractivity contribution in [1.82, 2.24) is 9.55 Å². The molecule has 10 rings (SSSR count). The summed E-state index contributed by atoms with van der Waals surface area (Å²) in [6.45, 7) is 23.5. The van der Waals surface area contributed by atoms with Gasteiger partial charge in [-0.25, -0.2) is 4.98 Å². The second-order valence-electron chi connectivity index (χ2n) is 21.5. The van der Waals surface area contributed by atoms with Crippen molar-refractivity contribution in [2.75, 3.05) is 16.5 Å². The van der Waals surface area contributed by atoms with Crippen LogP contribution in [0.5, 0.6) is 11.5 Å². The molecular weight excluding hydrogens is 817 g/mol. The number of aromatic nitrogens is 2. The predicted molar refractivity (Wildman–Crippen MR) is 282 cm³/mol. The van der Waals surface area contributed by atoms with E-state index in [9.17, 15) is 0 Å². The zero-order chi connectivity index (χ0) is 46.9. The fourth-order valence-electron chi connectivity index (χ4n) is 9.84. The zero-order valence-electron chi connectivity index (χ0n) is 40.7. The summed E-state index contributed by atoms with van der Waals surface area (Å²) in [5.41, 5.74) is 13.7. The van der Waals surface area contributed by atoms with Crippen LogP contribution in [0.3, 0.4) is 0 Å². The average Bonchev–Trinajstić information content (AvgIpc) is 3.87. The Labute approximate surface area is 397 Å². The van der Waals surface area contributed by atoms with Gasteiger partial charge in [0, 0.05) is 51.3 Å². The Kier molecular flexibility index (Phi) is 10.7. The molecule has 0 amide bonds. The van der Waals surface area contributed by atoms with Crippen molar-refractivity contribution in [2.45, 2.75) is 90.9 Å². The molecule has 0 spiro atoms. The third kappa shape index (κ3) is 8.05. The van der Waals surface area contributed by atoms with Gasteiger partial charge in [-0.05, 0) is 117 Å². The van der Waals surface area contributed by atoms with Crippen LogP contribution in [0.2, 0.25) is 0 Å². The first-order valence-electron chi connectivity index (χ1n) is 23.7. The fourth-order valence-corrected chi connectivity index (χ4v) is 9.84. The monoisotopic (exact) mass is 878 g/mol. The van der Waals surface area contributed by atoms with Crippen molar-refractivity contribution < 1.29 is 4.74 Å². The highest BCUT2D eigenvalue weighted by Crippen LogP contribution is 2.47. The summed E-state index contributed by atoms with van der Waals surface area (Å²) in [4.78, 5) is 9.91. The van der Waals surface area contributed by atoms with Crippen LogP contribution in [0.15, 0.2) is 182 Å². The molecule has 2 aromatic heterocycles. The summed E-state index contributed by atoms with van der Waals surface area (Å²) < 4.78 is 9.45. The normalized spacial score (nSPS) is 13.4. The van der Waals surface area contributed by atoms with Gasteiger partial charge >= 0.3 is 0 Å². The van der Waals surface area contributed by atoms with Crippen LogP contribution in [-0.2, 0) is 21.7 Å². The molecule has 0 atom stereocenters. The van der Waals surface area contributed by atoms with Crippen LogP contribution in [-0.4, -0.2) is 16.2 Å². The Morgan fingerprint density at radius 1 is 0.403 bits per heavy atom. The third-order valence-electron chi connectivity index (χ3n) is 14.2. The molecule has 1 aliphatic heterocycles. The Morgan fingerprint density at radius 3 is 1.61 bits per heavy atom. The van der Waals surface area contributed by atoms with Crippen LogP contribution in [0, 0.1) is 0 Å². The van der Waals surface area contributed by atoms with Gasteiger partial charge < -0.3 is 14.5 Å². The van der Waals surface area contributed by atoms with E-state index < -0.39 is 0 Å². The molecule has 0 unspecified atom stereocenters. The Bertz CT molecular complexity index is 3260. The molecule has 0 bridgehead atoms. The van der Waals surface area contributed by atoms with Crippen LogP contribution in [0.4, 0.5) is 22.7 Å². The molecule has 5 nitrogen and oxygen atoms in total. The van der Waals surface area contributed by atoms with E-state index in [1.807, 2.05) is 6.20 Å². The van der Waals surface area contributed by atoms with Gasteiger partial charge in [-0.1, -0.05) is 160 Å². The number of ether oxygens (including phenoxy) is 1. The van der Waals surface area contributed by atoms with Gasteiger partial charge in [0.2, 0.25) is 0 Å². The largest absolute Gasteiger partial charge is 0.457 e. The molecule has 0 radical (unpaired) electrons. The lowest BCUT2D eigenvalue weighted by atomic mass is 9.78. The minimum atomic E-state index is -0.317. The van der Waals surface area contributed by atoms with Gasteiger partial charge in [-0.15, -0.1) is 0 Å². The zero-order valence-corrected chi connectivity index (χ0v) is 40.7. The van der Waals surface area contributed by atoms with E-state index in [0.717, 1.165) is 45.1 Å². The number of hydrogen-bond donors (Lipinski definition) is 0. The number of nitrogens with zero attached hydrogens (tertiary/aromatic N) is 4. The van der Waals surface area contributed by atoms with E-state index in [0.29, 0.717) is 6.67 Å². The van der Waals surface area contributed by atoms with Crippen LogP contribution >= 0.6 is 0 Å². The van der Waals surface area contributed by atoms with Crippen LogP contribution in [0.25, 0.3) is 27.6 Å². The molecule has 7 aromatic carbocycles. The van der Waals surface area contributed by atoms with Crippen LogP contribution in [0.1, 0.15) is 103 Å². The quantitative estimate of drug-likeness (QED) is 0.145. The molecule has 5 heteroatoms. The highest BCUT2D eigenvalue weighted by Gasteiger charge is 2.32. The van der Waals surface area contributed by atoms with Gasteiger partial charge in [0.1, 0.15) is 24.0 Å². The molecule has 67 heavy (non-hydrogen) atoms. The SMILES string of the molecule is CC(C)(C)c1ccc(N2CN(c3cc(Oc4ccc5c6cc(C(C)(C)C)ccc6n(-c6cc(C(C)(C)c7ccccc7)ccn6)c5c4)cc(C(C)(C)c4ccccc4)c3)c3ccccc32)cc1. The molecule has 9 aromatic rings. The molecule has 336 valence electrons. The maximum Gasteiger partial charge on any atom is 0.137 e. The van der Waals surface area contributed by atoms with Gasteiger partial charge in [0.05, 0.1) is 22.4 Å². The van der Waals surface area contributed by atoms with Crippen molar-refractivity contribution in [2.24, 2.45) is 0 Å². The lowest BCUT2D eigenvalue weighted by Crippen LogP contribution is -2.25. The highest BCUT2D eigenvalue weighted by molar-refractivity contribution is 6.10. The highest BCUT2D eigenvalue weighted by atomic mass is 16.5. The van der Waals surface area contributed by atoms with E-state index in [1.54, 1.807) is 0 Å². The number of para-hydroxylation sites is 2. The van der Waals surface area contributed by atoms with Crippen LogP contribution < -0.4 is 14.5 Å². The maximum atomic E-state index is 7.13. The first kappa shape index (κ1) is 43.8. The van der Waals surface area contributed by atoms with Crippen molar-refractivity contribution in [3.63, 3.8) is 0 Å². The van der Waals surface area contributed by atoms with E-state index in [-0.39, 0.29) is 21.7 Å². The lowest BCUT2D eigenvalue weighted by molar-refractivity contribution is 0.480. The summed E-state index contributed by atoms with van der Waals surface area (Å²) in [6, 6.07) is 64.0. The van der Waals surface area contributed by atoms with E-state index in [2.05, 4.69) is 260 Å². The number of benzene rings is 7. The summed E-state index contributed by atoms with van der Waals surface area (Å²) >= 11 is 0. The molecule has 0 aliphatic carbocycles. The number of hydrogen-bond acceptors (Lipinski definition) is 4. The Hall–Kier alpha value is -7.11. The van der Waals surface area contributed by atoms with E-state index in [1.165, 1.54) is 50.1 Å². The molecular formula is C62H62N4O. The van der Waals surface area contributed by atoms with Crippen molar-refractivity contribution in [1.29, 1.82) is 0 Å². The van der Waals surface area contributed by atoms with Gasteiger partial charge in [0.25, 0.3) is 0 Å². The molecule has 1 aliphatic rings. The predicted octanol–water partition coefficient (Wildman–Crippen LogP) is 16.5. The average molecular weight is 879 g/mol. The summed E-state index contributed by atoms with van der Waals surface area (Å²) in [5, 5.41) is 2.36. The van der Waals surface area contributed by atoms with Crippen molar-refractivity contribution in [3.8, 4) is 17.3 Å². The molecule has 0 fully saturated rings. The minimum Gasteiger partial charge on any atom is -0.457 e. The standard InChI is InChI=1S/C62H62N4O/c1-59(2,3)42-25-28-48(29-26-42)64-41-65(56-24-18-17-23-55(56)64)49-35-47(62(9,10)44-21-15-12-16-22-44)36-51(39-49)67-50-30-31-52-53-37-45(60(4,5)6)27-32-54(53)66(57(52)40-50)58-38-46(33-34-63-58)61(7,8)43-19-13-11-14-20-43/h11-40H,41H2,1-10H3. The third-order valence-corrected chi connectivity index (χ3v) is 14.2. The second kappa shape index (κ2) is 16.3. The van der Waals surface area contributed by atoms with Gasteiger partial charge in [-0.2, -0.15) is 0 Å². The molecule has 0 N–H and O–H groups in total. The molecule has 0 saturated carbocycles. The molecule has 3 heterocycles. The number of pyridine rings is 1. The number of fused-ring (bicyclic) bond motifs is 4. The Morgan fingerprint density at radius 2 is 0.985 bits per heavy atom. The maximum absolute atomic E-state index is 7.13. The first-order valence-corrected chi connectivity index (χ1v) is 23.7. The Balaban J connectivity index is 1.10. The topological polar surface area (TPSA) is 33.5 Å². The summed E-state index contributed by atoms with van der Waals surface area (Å²) in [7, 11) is 0. The fraction of sp³-hybridized carbons (Fsp3) is 0.242. The minimum absolute atomic E-state index is 0.0104. The van der Waals surface area contributed by atoms with Gasteiger partial charge in [0.15, 0.2) is 0 Å². The van der Waals surface area contributed by atoms with E-state index >= 15 is 0 Å².